The molecule has 0 aromatic heterocycles. The second-order valence-electron chi connectivity index (χ2n) is 9.49. The molecular formula is C29H29F2N7. The molecule has 2 rings (SSSR count). The third-order valence-corrected chi connectivity index (χ3v) is 6.96. The van der Waals surface area contributed by atoms with Gasteiger partial charge in [0.2, 0.25) is 0 Å². The standard InChI is InChI=1S/C29H29F2N7/c1-37-29(19-36)25-11-21(14-31)12-28(27(25)18-35)38-8-6-4-2-3-5-7-22-9-20(13-30)10-24(26(22)17-34)23(15-32)16-33/h20-21,38H,2-14H2/b29-25+. The Kier molecular flexibility index (Phi) is 12.2. The molecule has 2 unspecified atom stereocenters. The van der Waals surface area contributed by atoms with E-state index < -0.39 is 13.3 Å². The predicted molar refractivity (Wildman–Crippen MR) is 136 cm³/mol. The molecule has 0 saturated heterocycles. The number of unbranched alkanes of at least 4 members (excludes halogenated alkanes) is 4. The van der Waals surface area contributed by atoms with Gasteiger partial charge in [0.1, 0.15) is 17.7 Å². The van der Waals surface area contributed by atoms with Crippen LogP contribution < -0.4 is 5.32 Å². The Bertz CT molecular complexity index is 1140. The van der Waals surface area contributed by atoms with Crippen molar-refractivity contribution in [3.8, 4) is 30.3 Å². The number of nitriles is 5. The minimum Gasteiger partial charge on any atom is -0.387 e. The van der Waals surface area contributed by atoms with Gasteiger partial charge in [0.15, 0.2) is 0 Å². The first kappa shape index (κ1) is 29.8. The summed E-state index contributed by atoms with van der Waals surface area (Å²) in [6, 6.07) is 9.70. The summed E-state index contributed by atoms with van der Waals surface area (Å²) in [5.74, 6) is -0.689. The quantitative estimate of drug-likeness (QED) is 0.195. The number of alkyl halides is 2. The fourth-order valence-corrected chi connectivity index (χ4v) is 5.04. The zero-order chi connectivity index (χ0) is 27.9. The van der Waals surface area contributed by atoms with Crippen LogP contribution in [-0.2, 0) is 0 Å². The Labute approximate surface area is 223 Å². The number of hydrogen-bond donors (Lipinski definition) is 1. The molecule has 0 heterocycles. The zero-order valence-electron chi connectivity index (χ0n) is 21.3. The lowest BCUT2D eigenvalue weighted by Crippen LogP contribution is -2.25. The van der Waals surface area contributed by atoms with Crippen LogP contribution in [0, 0.1) is 75.1 Å². The second kappa shape index (κ2) is 15.6. The molecule has 1 N–H and O–H groups in total. The number of hydrogen-bond acceptors (Lipinski definition) is 6. The number of nitrogens with zero attached hydrogens (tertiary/aromatic N) is 6. The summed E-state index contributed by atoms with van der Waals surface area (Å²) in [5.41, 5.74) is 2.45. The molecule has 0 amide bonds. The van der Waals surface area contributed by atoms with Crippen molar-refractivity contribution in [3.63, 3.8) is 0 Å². The van der Waals surface area contributed by atoms with Crippen molar-refractivity contribution in [1.82, 2.24) is 5.32 Å². The molecule has 0 aromatic rings. The Morgan fingerprint density at radius 1 is 0.789 bits per heavy atom. The molecule has 194 valence electrons. The van der Waals surface area contributed by atoms with Gasteiger partial charge in [-0.15, -0.1) is 0 Å². The van der Waals surface area contributed by atoms with Crippen LogP contribution in [0.3, 0.4) is 0 Å². The zero-order valence-corrected chi connectivity index (χ0v) is 21.3. The molecule has 7 nitrogen and oxygen atoms in total. The van der Waals surface area contributed by atoms with Crippen LogP contribution in [0.15, 0.2) is 44.8 Å². The van der Waals surface area contributed by atoms with Crippen molar-refractivity contribution in [2.75, 3.05) is 19.9 Å². The van der Waals surface area contributed by atoms with Crippen molar-refractivity contribution in [3.05, 3.63) is 56.2 Å². The highest BCUT2D eigenvalue weighted by Gasteiger charge is 2.28. The lowest BCUT2D eigenvalue weighted by Gasteiger charge is -2.26. The molecule has 0 saturated carbocycles. The molecule has 0 fully saturated rings. The second-order valence-corrected chi connectivity index (χ2v) is 9.49. The van der Waals surface area contributed by atoms with Crippen LogP contribution >= 0.6 is 0 Å². The fourth-order valence-electron chi connectivity index (χ4n) is 5.04. The third kappa shape index (κ3) is 7.53. The maximum atomic E-state index is 13.4. The number of rotatable bonds is 11. The van der Waals surface area contributed by atoms with Crippen molar-refractivity contribution < 1.29 is 8.78 Å². The van der Waals surface area contributed by atoms with Gasteiger partial charge in [0, 0.05) is 12.2 Å². The molecule has 0 aromatic carbocycles. The highest BCUT2D eigenvalue weighted by molar-refractivity contribution is 5.57. The van der Waals surface area contributed by atoms with Crippen LogP contribution in [0.1, 0.15) is 64.2 Å². The Balaban J connectivity index is 1.91. The van der Waals surface area contributed by atoms with Gasteiger partial charge in [-0.05, 0) is 67.9 Å². The molecule has 2 aliphatic rings. The van der Waals surface area contributed by atoms with Gasteiger partial charge in [-0.3, -0.25) is 8.78 Å². The van der Waals surface area contributed by atoms with Crippen molar-refractivity contribution in [1.29, 1.82) is 26.3 Å². The van der Waals surface area contributed by atoms with Crippen molar-refractivity contribution in [2.24, 2.45) is 11.8 Å². The minimum atomic E-state index is -0.592. The van der Waals surface area contributed by atoms with E-state index in [1.54, 1.807) is 0 Å². The average Bonchev–Trinajstić information content (AvgIpc) is 2.95. The Morgan fingerprint density at radius 2 is 1.39 bits per heavy atom. The summed E-state index contributed by atoms with van der Waals surface area (Å²) < 4.78 is 26.9. The molecule has 9 heteroatoms. The van der Waals surface area contributed by atoms with Crippen LogP contribution in [0.4, 0.5) is 8.78 Å². The molecule has 0 aliphatic heterocycles. The highest BCUT2D eigenvalue weighted by Crippen LogP contribution is 2.38. The topological polar surface area (TPSA) is 135 Å². The van der Waals surface area contributed by atoms with E-state index in [4.69, 9.17) is 6.57 Å². The molecule has 2 aliphatic carbocycles. The molecular weight excluding hydrogens is 484 g/mol. The molecule has 0 radical (unpaired) electrons. The lowest BCUT2D eigenvalue weighted by molar-refractivity contribution is 0.344. The SMILES string of the molecule is [C-]#[N+]/C(C#N)=C1\CC(CF)CC(NCCCCCCCC2=C(C#N)C(=C(C#N)C#N)CC(CF)C2)=C1C#N. The van der Waals surface area contributed by atoms with Crippen LogP contribution in [0.5, 0.6) is 0 Å². The summed E-state index contributed by atoms with van der Waals surface area (Å²) in [4.78, 5) is 3.21. The van der Waals surface area contributed by atoms with E-state index in [1.165, 1.54) is 0 Å². The maximum absolute atomic E-state index is 13.4. The normalized spacial score (nSPS) is 20.3. The number of nitrogens with one attached hydrogen (secondary N) is 1. The largest absolute Gasteiger partial charge is 0.387 e. The van der Waals surface area contributed by atoms with Gasteiger partial charge in [-0.1, -0.05) is 24.8 Å². The molecule has 0 bridgehead atoms. The van der Waals surface area contributed by atoms with Gasteiger partial charge < -0.3 is 5.32 Å². The van der Waals surface area contributed by atoms with E-state index in [0.717, 1.165) is 37.7 Å². The van der Waals surface area contributed by atoms with E-state index in [-0.39, 0.29) is 41.5 Å². The maximum Gasteiger partial charge on any atom is 0.266 e. The van der Waals surface area contributed by atoms with Gasteiger partial charge in [-0.2, -0.15) is 21.0 Å². The predicted octanol–water partition coefficient (Wildman–Crippen LogP) is 6.31. The van der Waals surface area contributed by atoms with E-state index in [2.05, 4.69) is 22.3 Å². The average molecular weight is 514 g/mol. The summed E-state index contributed by atoms with van der Waals surface area (Å²) in [6.45, 7) is 6.61. The highest BCUT2D eigenvalue weighted by atomic mass is 19.1. The third-order valence-electron chi connectivity index (χ3n) is 6.96. The van der Waals surface area contributed by atoms with Crippen LogP contribution in [0.25, 0.3) is 4.85 Å². The summed E-state index contributed by atoms with van der Waals surface area (Å²) in [7, 11) is 0. The molecule has 2 atom stereocenters. The van der Waals surface area contributed by atoms with Crippen molar-refractivity contribution >= 4 is 0 Å². The first-order valence-electron chi connectivity index (χ1n) is 12.7. The smallest absolute Gasteiger partial charge is 0.266 e. The molecule has 0 spiro atoms. The first-order valence-corrected chi connectivity index (χ1v) is 12.7. The van der Waals surface area contributed by atoms with Crippen LogP contribution in [-0.4, -0.2) is 19.9 Å². The fraction of sp³-hybridized carbons (Fsp3) is 0.517. The van der Waals surface area contributed by atoms with E-state index in [0.29, 0.717) is 48.2 Å². The first-order chi connectivity index (χ1) is 18.5. The van der Waals surface area contributed by atoms with E-state index in [9.17, 15) is 35.1 Å². The summed E-state index contributed by atoms with van der Waals surface area (Å²) in [6.07, 6.45) is 6.22. The minimum absolute atomic E-state index is 0.115. The van der Waals surface area contributed by atoms with Gasteiger partial charge in [0.25, 0.3) is 5.70 Å². The van der Waals surface area contributed by atoms with Gasteiger partial charge in [0.05, 0.1) is 49.3 Å². The van der Waals surface area contributed by atoms with Gasteiger partial charge in [-0.25, -0.2) is 10.1 Å². The Hall–Kier alpha value is -4.44. The summed E-state index contributed by atoms with van der Waals surface area (Å²) >= 11 is 0. The molecule has 38 heavy (non-hydrogen) atoms. The van der Waals surface area contributed by atoms with Gasteiger partial charge >= 0.3 is 0 Å². The van der Waals surface area contributed by atoms with Crippen molar-refractivity contribution in [2.45, 2.75) is 64.2 Å². The van der Waals surface area contributed by atoms with E-state index >= 15 is 0 Å². The summed E-state index contributed by atoms with van der Waals surface area (Å²) in [5, 5.41) is 50.2. The monoisotopic (exact) mass is 513 g/mol. The Morgan fingerprint density at radius 3 is 1.97 bits per heavy atom. The van der Waals surface area contributed by atoms with Crippen LogP contribution in [0.2, 0.25) is 0 Å². The lowest BCUT2D eigenvalue weighted by atomic mass is 9.78. The van der Waals surface area contributed by atoms with E-state index in [1.807, 2.05) is 18.2 Å². The number of allylic oxidation sites excluding steroid dienone is 8. The number of halogens is 2.